The number of carboxylic acids is 1. The number of urea groups is 1. The van der Waals surface area contributed by atoms with E-state index in [9.17, 15) is 14.7 Å². The first-order valence-electron chi connectivity index (χ1n) is 7.27. The van der Waals surface area contributed by atoms with Crippen LogP contribution in [0.5, 0.6) is 0 Å². The lowest BCUT2D eigenvalue weighted by Crippen LogP contribution is -2.48. The van der Waals surface area contributed by atoms with Gasteiger partial charge in [-0.2, -0.15) is 0 Å². The minimum absolute atomic E-state index is 0.206. The molecule has 0 spiro atoms. The van der Waals surface area contributed by atoms with Crippen LogP contribution in [0.2, 0.25) is 0 Å². The molecule has 1 heterocycles. The number of anilines is 1. The molecular weight excluding hydrogens is 270 g/mol. The van der Waals surface area contributed by atoms with Crippen LogP contribution in [0, 0.1) is 24.7 Å². The van der Waals surface area contributed by atoms with Gasteiger partial charge in [-0.3, -0.25) is 9.78 Å². The fourth-order valence-electron chi connectivity index (χ4n) is 3.76. The number of hydrogen-bond donors (Lipinski definition) is 3. The maximum Gasteiger partial charge on any atom is 0.319 e. The van der Waals surface area contributed by atoms with Crippen molar-refractivity contribution in [2.75, 3.05) is 5.32 Å². The molecule has 6 nitrogen and oxygen atoms in total. The summed E-state index contributed by atoms with van der Waals surface area (Å²) < 4.78 is 0. The summed E-state index contributed by atoms with van der Waals surface area (Å²) in [7, 11) is 0. The number of hydrogen-bond acceptors (Lipinski definition) is 3. The highest BCUT2D eigenvalue weighted by molar-refractivity contribution is 5.90. The molecule has 1 aromatic rings. The molecule has 4 unspecified atom stereocenters. The fraction of sp³-hybridized carbons (Fsp3) is 0.533. The quantitative estimate of drug-likeness (QED) is 0.793. The standard InChI is InChI=1S/C15H19N3O3/c1-8-4-5-16-7-11(8)17-15(21)18-13-10-3-2-9(6-10)12(13)14(19)20/h4-5,7,9-10,12-13H,2-3,6H2,1H3,(H,19,20)(H2,17,18,21). The van der Waals surface area contributed by atoms with Crippen molar-refractivity contribution in [2.45, 2.75) is 32.2 Å². The summed E-state index contributed by atoms with van der Waals surface area (Å²) in [6.07, 6.45) is 6.13. The topological polar surface area (TPSA) is 91.3 Å². The van der Waals surface area contributed by atoms with Gasteiger partial charge in [-0.1, -0.05) is 0 Å². The lowest BCUT2D eigenvalue weighted by atomic mass is 9.84. The van der Waals surface area contributed by atoms with Gasteiger partial charge in [0.25, 0.3) is 0 Å². The smallest absolute Gasteiger partial charge is 0.319 e. The molecule has 3 rings (SSSR count). The summed E-state index contributed by atoms with van der Waals surface area (Å²) in [5.74, 6) is -0.760. The number of aliphatic carboxylic acids is 1. The average Bonchev–Trinajstić information content (AvgIpc) is 3.02. The second kappa shape index (κ2) is 5.35. The molecule has 0 radical (unpaired) electrons. The van der Waals surface area contributed by atoms with Crippen LogP contribution in [0.4, 0.5) is 10.5 Å². The molecule has 112 valence electrons. The number of amides is 2. The van der Waals surface area contributed by atoms with Crippen LogP contribution in [0.1, 0.15) is 24.8 Å². The van der Waals surface area contributed by atoms with E-state index in [0.29, 0.717) is 5.69 Å². The van der Waals surface area contributed by atoms with E-state index in [1.54, 1.807) is 12.4 Å². The molecule has 2 saturated carbocycles. The average molecular weight is 289 g/mol. The van der Waals surface area contributed by atoms with E-state index in [-0.39, 0.29) is 23.9 Å². The predicted molar refractivity (Wildman–Crippen MR) is 76.9 cm³/mol. The number of nitrogens with one attached hydrogen (secondary N) is 2. The van der Waals surface area contributed by atoms with Crippen molar-refractivity contribution in [3.63, 3.8) is 0 Å². The molecule has 1 aromatic heterocycles. The molecule has 2 fully saturated rings. The first-order chi connectivity index (χ1) is 10.1. The molecule has 3 N–H and O–H groups in total. The summed E-state index contributed by atoms with van der Waals surface area (Å²) in [6, 6.07) is 1.20. The van der Waals surface area contributed by atoms with Crippen LogP contribution in [-0.2, 0) is 4.79 Å². The molecular formula is C15H19N3O3. The van der Waals surface area contributed by atoms with E-state index in [1.807, 2.05) is 13.0 Å². The van der Waals surface area contributed by atoms with E-state index in [4.69, 9.17) is 0 Å². The van der Waals surface area contributed by atoms with Crippen molar-refractivity contribution in [3.05, 3.63) is 24.0 Å². The van der Waals surface area contributed by atoms with Gasteiger partial charge in [0.15, 0.2) is 0 Å². The minimum atomic E-state index is -0.801. The zero-order valence-electron chi connectivity index (χ0n) is 11.9. The third kappa shape index (κ3) is 2.57. The Morgan fingerprint density at radius 3 is 2.81 bits per heavy atom. The monoisotopic (exact) mass is 289 g/mol. The number of rotatable bonds is 3. The first kappa shape index (κ1) is 13.9. The van der Waals surface area contributed by atoms with Crippen LogP contribution in [0.3, 0.4) is 0 Å². The van der Waals surface area contributed by atoms with Gasteiger partial charge in [0.05, 0.1) is 17.8 Å². The van der Waals surface area contributed by atoms with Gasteiger partial charge in [-0.25, -0.2) is 4.79 Å². The SMILES string of the molecule is Cc1ccncc1NC(=O)NC1C2CCC(C2)C1C(=O)O. The van der Waals surface area contributed by atoms with E-state index in [0.717, 1.165) is 24.8 Å². The maximum absolute atomic E-state index is 12.1. The van der Waals surface area contributed by atoms with Gasteiger partial charge in [-0.15, -0.1) is 0 Å². The Kier molecular flexibility index (Phi) is 3.53. The molecule has 2 aliphatic carbocycles. The summed E-state index contributed by atoms with van der Waals surface area (Å²) >= 11 is 0. The summed E-state index contributed by atoms with van der Waals surface area (Å²) in [4.78, 5) is 27.5. The van der Waals surface area contributed by atoms with E-state index in [1.165, 1.54) is 0 Å². The minimum Gasteiger partial charge on any atom is -0.481 e. The highest BCUT2D eigenvalue weighted by atomic mass is 16.4. The third-order valence-corrected chi connectivity index (χ3v) is 4.79. The number of fused-ring (bicyclic) bond motifs is 2. The van der Waals surface area contributed by atoms with E-state index < -0.39 is 11.9 Å². The van der Waals surface area contributed by atoms with Crippen LogP contribution in [0.25, 0.3) is 0 Å². The van der Waals surface area contributed by atoms with Crippen molar-refractivity contribution in [1.82, 2.24) is 10.3 Å². The number of carbonyl (C=O) groups excluding carboxylic acids is 1. The molecule has 2 bridgehead atoms. The van der Waals surface area contributed by atoms with Gasteiger partial charge in [0, 0.05) is 12.2 Å². The van der Waals surface area contributed by atoms with Gasteiger partial charge in [-0.05, 0) is 49.7 Å². The Bertz CT molecular complexity index is 575. The first-order valence-corrected chi connectivity index (χ1v) is 7.27. The van der Waals surface area contributed by atoms with E-state index in [2.05, 4.69) is 15.6 Å². The molecule has 6 heteroatoms. The molecule has 2 amide bonds. The van der Waals surface area contributed by atoms with Crippen molar-refractivity contribution >= 4 is 17.7 Å². The Labute approximate surface area is 123 Å². The third-order valence-electron chi connectivity index (χ3n) is 4.79. The Hall–Kier alpha value is -2.11. The molecule has 21 heavy (non-hydrogen) atoms. The van der Waals surface area contributed by atoms with Gasteiger partial charge in [0.1, 0.15) is 0 Å². The van der Waals surface area contributed by atoms with Crippen molar-refractivity contribution < 1.29 is 14.7 Å². The number of aromatic nitrogens is 1. The molecule has 0 saturated heterocycles. The van der Waals surface area contributed by atoms with Crippen LogP contribution in [0.15, 0.2) is 18.5 Å². The number of pyridine rings is 1. The van der Waals surface area contributed by atoms with Gasteiger partial charge >= 0.3 is 12.0 Å². The van der Waals surface area contributed by atoms with Gasteiger partial charge in [0.2, 0.25) is 0 Å². The van der Waals surface area contributed by atoms with Crippen LogP contribution < -0.4 is 10.6 Å². The summed E-state index contributed by atoms with van der Waals surface area (Å²) in [5.41, 5.74) is 1.56. The highest BCUT2D eigenvalue weighted by Crippen LogP contribution is 2.48. The summed E-state index contributed by atoms with van der Waals surface area (Å²) in [5, 5.41) is 15.0. The van der Waals surface area contributed by atoms with Crippen molar-refractivity contribution in [3.8, 4) is 0 Å². The number of carboxylic acid groups (broad SMARTS) is 1. The zero-order chi connectivity index (χ0) is 15.0. The Balaban J connectivity index is 1.67. The molecule has 0 aliphatic heterocycles. The predicted octanol–water partition coefficient (Wildman–Crippen LogP) is 2.01. The maximum atomic E-state index is 12.1. The Morgan fingerprint density at radius 2 is 2.10 bits per heavy atom. The van der Waals surface area contributed by atoms with Crippen LogP contribution >= 0.6 is 0 Å². The second-order valence-corrected chi connectivity index (χ2v) is 6.01. The number of aryl methyl sites for hydroxylation is 1. The van der Waals surface area contributed by atoms with Crippen molar-refractivity contribution in [2.24, 2.45) is 17.8 Å². The largest absolute Gasteiger partial charge is 0.481 e. The highest BCUT2D eigenvalue weighted by Gasteiger charge is 2.51. The molecule has 4 atom stereocenters. The van der Waals surface area contributed by atoms with Crippen LogP contribution in [-0.4, -0.2) is 28.1 Å². The lowest BCUT2D eigenvalue weighted by Gasteiger charge is -2.28. The van der Waals surface area contributed by atoms with E-state index >= 15 is 0 Å². The lowest BCUT2D eigenvalue weighted by molar-refractivity contribution is -0.144. The molecule has 2 aliphatic rings. The fourth-order valence-corrected chi connectivity index (χ4v) is 3.76. The molecule has 0 aromatic carbocycles. The zero-order valence-corrected chi connectivity index (χ0v) is 11.9. The number of nitrogens with zero attached hydrogens (tertiary/aromatic N) is 1. The second-order valence-electron chi connectivity index (χ2n) is 6.01. The normalized spacial score (nSPS) is 30.1. The Morgan fingerprint density at radius 1 is 1.33 bits per heavy atom. The number of carbonyl (C=O) groups is 2. The van der Waals surface area contributed by atoms with Gasteiger partial charge < -0.3 is 15.7 Å². The summed E-state index contributed by atoms with van der Waals surface area (Å²) in [6.45, 7) is 1.88. The van der Waals surface area contributed by atoms with Crippen molar-refractivity contribution in [1.29, 1.82) is 0 Å².